The first-order valence-electron chi connectivity index (χ1n) is 8.35. The van der Waals surface area contributed by atoms with E-state index in [9.17, 15) is 9.59 Å². The molecule has 4 heteroatoms. The fourth-order valence-corrected chi connectivity index (χ4v) is 3.86. The summed E-state index contributed by atoms with van der Waals surface area (Å²) in [5, 5.41) is 0. The highest BCUT2D eigenvalue weighted by molar-refractivity contribution is 5.94. The molecule has 0 spiro atoms. The second-order valence-corrected chi connectivity index (χ2v) is 6.44. The number of carbonyl (C=O) groups is 1. The average Bonchev–Trinajstić information content (AvgIpc) is 3.23. The van der Waals surface area contributed by atoms with Crippen molar-refractivity contribution < 1.29 is 4.79 Å². The van der Waals surface area contributed by atoms with Gasteiger partial charge in [-0.3, -0.25) is 9.59 Å². The van der Waals surface area contributed by atoms with Crippen LogP contribution in [-0.2, 0) is 12.8 Å². The second-order valence-electron chi connectivity index (χ2n) is 6.44. The number of aryl methyl sites for hydroxylation is 2. The number of nitrogens with zero attached hydrogens (tertiary/aromatic N) is 1. The lowest BCUT2D eigenvalue weighted by Gasteiger charge is -2.25. The Hall–Kier alpha value is -2.36. The van der Waals surface area contributed by atoms with E-state index in [1.165, 1.54) is 0 Å². The van der Waals surface area contributed by atoms with Crippen molar-refractivity contribution in [3.05, 3.63) is 69.1 Å². The molecule has 23 heavy (non-hydrogen) atoms. The van der Waals surface area contributed by atoms with Gasteiger partial charge in [0.1, 0.15) is 5.56 Å². The minimum atomic E-state index is -0.241. The number of benzene rings is 1. The number of H-pyrrole nitrogens is 1. The number of hydrogen-bond acceptors (Lipinski definition) is 2. The molecule has 1 amide bonds. The zero-order valence-corrected chi connectivity index (χ0v) is 13.0. The van der Waals surface area contributed by atoms with Gasteiger partial charge in [-0.1, -0.05) is 30.3 Å². The number of rotatable bonds is 2. The summed E-state index contributed by atoms with van der Waals surface area (Å²) in [6.45, 7) is 0.717. The van der Waals surface area contributed by atoms with Gasteiger partial charge in [0.25, 0.3) is 11.5 Å². The standard InChI is InChI=1S/C19H20N2O2/c22-18-15(12-14-8-4-9-16(14)20-18)19(23)21-11-5-10-17(21)13-6-2-1-3-7-13/h1-3,6-7,12,17H,4-5,8-11H2,(H,20,22)/t17-/m0/s1. The monoisotopic (exact) mass is 308 g/mol. The number of aromatic amines is 1. The van der Waals surface area contributed by atoms with E-state index in [2.05, 4.69) is 17.1 Å². The van der Waals surface area contributed by atoms with Crippen LogP contribution in [0.15, 0.2) is 41.2 Å². The first kappa shape index (κ1) is 14.2. The van der Waals surface area contributed by atoms with Crippen LogP contribution >= 0.6 is 0 Å². The van der Waals surface area contributed by atoms with Gasteiger partial charge < -0.3 is 9.88 Å². The minimum Gasteiger partial charge on any atom is -0.331 e. The number of likely N-dealkylation sites (tertiary alicyclic amines) is 1. The molecule has 118 valence electrons. The predicted molar refractivity (Wildman–Crippen MR) is 88.5 cm³/mol. The van der Waals surface area contributed by atoms with Crippen LogP contribution in [-0.4, -0.2) is 22.3 Å². The fraction of sp³-hybridized carbons (Fsp3) is 0.368. The number of amides is 1. The molecule has 1 aliphatic heterocycles. The van der Waals surface area contributed by atoms with E-state index in [-0.39, 0.29) is 17.5 Å². The quantitative estimate of drug-likeness (QED) is 0.927. The molecule has 2 aromatic rings. The summed E-state index contributed by atoms with van der Waals surface area (Å²) in [4.78, 5) is 30.0. The van der Waals surface area contributed by atoms with Crippen molar-refractivity contribution in [1.82, 2.24) is 9.88 Å². The molecule has 1 fully saturated rings. The Morgan fingerprint density at radius 3 is 2.78 bits per heavy atom. The largest absolute Gasteiger partial charge is 0.331 e. The molecule has 0 bridgehead atoms. The molecule has 0 unspecified atom stereocenters. The van der Waals surface area contributed by atoms with Crippen molar-refractivity contribution >= 4 is 5.91 Å². The highest BCUT2D eigenvalue weighted by Crippen LogP contribution is 2.33. The Labute approximate surface area is 135 Å². The van der Waals surface area contributed by atoms with E-state index in [4.69, 9.17) is 0 Å². The lowest BCUT2D eigenvalue weighted by molar-refractivity contribution is 0.0733. The van der Waals surface area contributed by atoms with E-state index in [0.29, 0.717) is 5.56 Å². The van der Waals surface area contributed by atoms with E-state index in [0.717, 1.165) is 55.5 Å². The first-order valence-corrected chi connectivity index (χ1v) is 8.35. The van der Waals surface area contributed by atoms with Crippen LogP contribution in [0.25, 0.3) is 0 Å². The van der Waals surface area contributed by atoms with Crippen LogP contribution in [0.3, 0.4) is 0 Å². The van der Waals surface area contributed by atoms with Gasteiger partial charge in [-0.2, -0.15) is 0 Å². The molecular weight excluding hydrogens is 288 g/mol. The van der Waals surface area contributed by atoms with Crippen molar-refractivity contribution in [1.29, 1.82) is 0 Å². The molecule has 2 heterocycles. The number of fused-ring (bicyclic) bond motifs is 1. The Morgan fingerprint density at radius 1 is 1.13 bits per heavy atom. The summed E-state index contributed by atoms with van der Waals surface area (Å²) in [5.41, 5.74) is 3.34. The van der Waals surface area contributed by atoms with Gasteiger partial charge in [0.05, 0.1) is 6.04 Å². The van der Waals surface area contributed by atoms with Crippen LogP contribution in [0.2, 0.25) is 0 Å². The second kappa shape index (κ2) is 5.69. The smallest absolute Gasteiger partial charge is 0.261 e. The van der Waals surface area contributed by atoms with Gasteiger partial charge in [-0.05, 0) is 49.3 Å². The molecule has 1 atom stereocenters. The number of pyridine rings is 1. The average molecular weight is 308 g/mol. The molecule has 4 rings (SSSR count). The third-order valence-electron chi connectivity index (χ3n) is 5.02. The van der Waals surface area contributed by atoms with Crippen LogP contribution in [0.1, 0.15) is 52.5 Å². The Morgan fingerprint density at radius 2 is 1.96 bits per heavy atom. The van der Waals surface area contributed by atoms with Crippen LogP contribution in [0.5, 0.6) is 0 Å². The Balaban J connectivity index is 1.68. The maximum absolute atomic E-state index is 13.0. The summed E-state index contributed by atoms with van der Waals surface area (Å²) in [7, 11) is 0. The van der Waals surface area contributed by atoms with Gasteiger partial charge in [0.15, 0.2) is 0 Å². The van der Waals surface area contributed by atoms with Crippen LogP contribution in [0.4, 0.5) is 0 Å². The molecular formula is C19H20N2O2. The predicted octanol–water partition coefficient (Wildman–Crippen LogP) is 2.84. The van der Waals surface area contributed by atoms with E-state index in [1.54, 1.807) is 0 Å². The van der Waals surface area contributed by atoms with Gasteiger partial charge in [-0.25, -0.2) is 0 Å². The van der Waals surface area contributed by atoms with Gasteiger partial charge in [-0.15, -0.1) is 0 Å². The summed E-state index contributed by atoms with van der Waals surface area (Å²) in [6, 6.07) is 12.0. The number of hydrogen-bond donors (Lipinski definition) is 1. The molecule has 1 aromatic carbocycles. The third-order valence-corrected chi connectivity index (χ3v) is 5.02. The molecule has 2 aliphatic rings. The highest BCUT2D eigenvalue weighted by Gasteiger charge is 2.32. The minimum absolute atomic E-state index is 0.0800. The molecule has 1 aliphatic carbocycles. The zero-order chi connectivity index (χ0) is 15.8. The van der Waals surface area contributed by atoms with Crippen molar-refractivity contribution in [2.45, 2.75) is 38.1 Å². The molecule has 1 saturated heterocycles. The molecule has 4 nitrogen and oxygen atoms in total. The molecule has 0 radical (unpaired) electrons. The Kier molecular flexibility index (Phi) is 3.52. The lowest BCUT2D eigenvalue weighted by atomic mass is 10.0. The van der Waals surface area contributed by atoms with Gasteiger partial charge in [0, 0.05) is 12.2 Å². The molecule has 1 N–H and O–H groups in total. The zero-order valence-electron chi connectivity index (χ0n) is 13.0. The first-order chi connectivity index (χ1) is 11.2. The highest BCUT2D eigenvalue weighted by atomic mass is 16.2. The number of nitrogens with one attached hydrogen (secondary N) is 1. The summed E-state index contributed by atoms with van der Waals surface area (Å²) in [6.07, 6.45) is 4.86. The molecule has 1 aromatic heterocycles. The topological polar surface area (TPSA) is 53.2 Å². The maximum atomic E-state index is 13.0. The lowest BCUT2D eigenvalue weighted by Crippen LogP contribution is -2.34. The third kappa shape index (κ3) is 2.48. The summed E-state index contributed by atoms with van der Waals surface area (Å²) >= 11 is 0. The van der Waals surface area contributed by atoms with E-state index >= 15 is 0 Å². The number of carbonyl (C=O) groups excluding carboxylic acids is 1. The van der Waals surface area contributed by atoms with Crippen molar-refractivity contribution in [2.24, 2.45) is 0 Å². The Bertz CT molecular complexity index is 795. The fourth-order valence-electron chi connectivity index (χ4n) is 3.86. The van der Waals surface area contributed by atoms with Crippen molar-refractivity contribution in [2.75, 3.05) is 6.54 Å². The van der Waals surface area contributed by atoms with Gasteiger partial charge in [0.2, 0.25) is 0 Å². The van der Waals surface area contributed by atoms with Crippen molar-refractivity contribution in [3.63, 3.8) is 0 Å². The summed E-state index contributed by atoms with van der Waals surface area (Å²) in [5.74, 6) is -0.132. The number of aromatic nitrogens is 1. The van der Waals surface area contributed by atoms with Crippen molar-refractivity contribution in [3.8, 4) is 0 Å². The normalized spacial score (nSPS) is 19.8. The molecule has 0 saturated carbocycles. The SMILES string of the molecule is O=C(c1cc2c([nH]c1=O)CCC2)N1CCC[C@H]1c1ccccc1. The maximum Gasteiger partial charge on any atom is 0.261 e. The van der Waals surface area contributed by atoms with Crippen LogP contribution < -0.4 is 5.56 Å². The van der Waals surface area contributed by atoms with E-state index < -0.39 is 0 Å². The van der Waals surface area contributed by atoms with Gasteiger partial charge >= 0.3 is 0 Å². The van der Waals surface area contributed by atoms with Crippen LogP contribution in [0, 0.1) is 0 Å². The summed E-state index contributed by atoms with van der Waals surface area (Å²) < 4.78 is 0. The van der Waals surface area contributed by atoms with E-state index in [1.807, 2.05) is 29.2 Å².